The number of aromatic nitrogens is 8. The summed E-state index contributed by atoms with van der Waals surface area (Å²) in [6, 6.07) is 4.49. The number of imide groups is 1. The summed E-state index contributed by atoms with van der Waals surface area (Å²) >= 11 is 0.769. The fraction of sp³-hybridized carbons (Fsp3) is 0.500. The van der Waals surface area contributed by atoms with Crippen LogP contribution in [0.4, 0.5) is 15.9 Å². The van der Waals surface area contributed by atoms with Gasteiger partial charge in [-0.05, 0) is 54.8 Å². The molecule has 0 saturated carbocycles. The quantitative estimate of drug-likeness (QED) is 0.0438. The van der Waals surface area contributed by atoms with Gasteiger partial charge in [-0.15, -0.1) is 0 Å². The summed E-state index contributed by atoms with van der Waals surface area (Å²) in [5.74, 6) is -4.23. The molecule has 9 rings (SSSR count). The number of unbranched alkanes of at least 4 members (excludes halogenated alkanes) is 2. The number of alkyl halides is 1. The number of carbonyl (C=O) groups excluding carboxylic acids is 5. The highest BCUT2D eigenvalue weighted by Crippen LogP contribution is 2.64. The lowest BCUT2D eigenvalue weighted by Crippen LogP contribution is -2.53. The number of nitrogens with two attached hydrogens (primary N) is 1. The summed E-state index contributed by atoms with van der Waals surface area (Å²) in [6.45, 7) is -1.09. The Morgan fingerprint density at radius 2 is 1.50 bits per heavy atom. The standard InChI is InChI=1S/C46H56FN13O15P2S/c1-24(2)37(57-32(61)7-5-4-6-14-58-33(62)12-13-34(58)63)45(66)55-25(3)43(64)56-27-10-8-26(9-11-27)19-78-77(69)72-17-30-28(36(47)46(74-30)60-23-53-38-40(48)49-20-50-41(38)60)16-70-76(67,68)71-18-31-29(75-77)15-35(73-31)59-22-54-39-42(59)51-21-52-44(39)65/h8-13,20-25,28-31,35-37,46H,4-7,14-19H2,1-3H3,(H,55,66)(H,56,64)(H,57,61)(H,67,68)(H2,48,49,50)(H,51,52,65)/t25-,28+,29-,30+,31+,35+,36+,37-,46+,77?/m0/s1. The van der Waals surface area contributed by atoms with Crippen LogP contribution in [0.2, 0.25) is 0 Å². The third-order valence-corrected chi connectivity index (χ3v) is 17.9. The molecule has 418 valence electrons. The number of phosphoric acid groups is 1. The Bertz CT molecular complexity index is 3170. The monoisotopic (exact) mass is 1140 g/mol. The van der Waals surface area contributed by atoms with E-state index in [0.29, 0.717) is 30.5 Å². The van der Waals surface area contributed by atoms with Gasteiger partial charge in [-0.3, -0.25) is 56.1 Å². The molecule has 0 bridgehead atoms. The van der Waals surface area contributed by atoms with Crippen molar-refractivity contribution in [2.75, 3.05) is 37.4 Å². The molecule has 3 fully saturated rings. The molecular formula is C46H56FN13O15P2S. The van der Waals surface area contributed by atoms with Crippen molar-refractivity contribution in [3.63, 3.8) is 0 Å². The number of nitrogens with one attached hydrogen (secondary N) is 3. The SMILES string of the molecule is CC(C)[C@H](NC(=O)CCCCCN1C(=O)C=CC1=O)C(=O)N[C@@H](C)C(=O)Nc1ccc(CSP2(=O)OC[C@H]3O[C@@H](n4cnc5c(N)ncnc54)[C@H](F)[C@@H]3COP(=O)(O)OC[C@H]3O[C@@H](n4cnc5c(O)ncnc54)C[C@@H]3O2)cc1. The van der Waals surface area contributed by atoms with E-state index < -0.39 is 107 Å². The van der Waals surface area contributed by atoms with Gasteiger partial charge in [-0.25, -0.2) is 38.4 Å². The molecule has 4 aliphatic heterocycles. The molecule has 32 heteroatoms. The second kappa shape index (κ2) is 24.0. The Morgan fingerprint density at radius 1 is 0.821 bits per heavy atom. The van der Waals surface area contributed by atoms with E-state index in [2.05, 4.69) is 45.9 Å². The number of imidazole rings is 2. The Labute approximate surface area is 447 Å². The number of ether oxygens (including phenoxy) is 2. The smallest absolute Gasteiger partial charge is 0.472 e. The predicted molar refractivity (Wildman–Crippen MR) is 273 cm³/mol. The second-order valence-corrected chi connectivity index (χ2v) is 24.5. The molecule has 0 aliphatic carbocycles. The maximum atomic E-state index is 16.6. The van der Waals surface area contributed by atoms with E-state index >= 15 is 8.96 Å². The van der Waals surface area contributed by atoms with E-state index in [1.807, 2.05) is 0 Å². The minimum Gasteiger partial charge on any atom is -0.492 e. The average Bonchev–Trinajstić information content (AvgIpc) is 4.29. The van der Waals surface area contributed by atoms with E-state index in [1.165, 1.54) is 47.2 Å². The van der Waals surface area contributed by atoms with E-state index in [9.17, 15) is 38.5 Å². The molecular weight excluding hydrogens is 1090 g/mol. The van der Waals surface area contributed by atoms with Crippen molar-refractivity contribution >= 4 is 89.4 Å². The van der Waals surface area contributed by atoms with E-state index in [4.69, 9.17) is 33.3 Å². The molecule has 2 unspecified atom stereocenters. The topological polar surface area (TPSA) is 368 Å². The molecule has 0 radical (unpaired) electrons. The van der Waals surface area contributed by atoms with Gasteiger partial charge in [0.25, 0.3) is 11.8 Å². The van der Waals surface area contributed by atoms with Crippen LogP contribution < -0.4 is 21.7 Å². The lowest BCUT2D eigenvalue weighted by Gasteiger charge is -2.25. The molecule has 5 amide bonds. The molecule has 78 heavy (non-hydrogen) atoms. The zero-order chi connectivity index (χ0) is 55.5. The number of aromatic hydroxyl groups is 1. The molecule has 7 N–H and O–H groups in total. The van der Waals surface area contributed by atoms with Gasteiger partial charge in [-0.1, -0.05) is 32.4 Å². The first-order valence-corrected chi connectivity index (χ1v) is 29.4. The number of nitrogens with zero attached hydrogens (tertiary/aromatic N) is 9. The van der Waals surface area contributed by atoms with Crippen molar-refractivity contribution in [2.45, 2.75) is 108 Å². The third-order valence-electron chi connectivity index (χ3n) is 13.3. The van der Waals surface area contributed by atoms with Crippen LogP contribution in [-0.4, -0.2) is 146 Å². The Morgan fingerprint density at radius 3 is 2.24 bits per heavy atom. The number of carbonyl (C=O) groups is 5. The lowest BCUT2D eigenvalue weighted by molar-refractivity contribution is -0.137. The van der Waals surface area contributed by atoms with E-state index in [-0.39, 0.29) is 76.9 Å². The van der Waals surface area contributed by atoms with Gasteiger partial charge in [-0.2, -0.15) is 4.98 Å². The van der Waals surface area contributed by atoms with Gasteiger partial charge in [0, 0.05) is 48.9 Å². The average molecular weight is 1140 g/mol. The summed E-state index contributed by atoms with van der Waals surface area (Å²) in [7, 11) is -4.94. The molecule has 11 atom stereocenters. The van der Waals surface area contributed by atoms with Gasteiger partial charge in [0.05, 0.1) is 38.6 Å². The number of rotatable bonds is 17. The van der Waals surface area contributed by atoms with Crippen molar-refractivity contribution in [3.05, 3.63) is 67.3 Å². The van der Waals surface area contributed by atoms with Crippen LogP contribution in [0.1, 0.15) is 70.9 Å². The number of phosphoric ester groups is 1. The lowest BCUT2D eigenvalue weighted by atomic mass is 10.0. The number of anilines is 2. The molecule has 4 aromatic heterocycles. The van der Waals surface area contributed by atoms with Gasteiger partial charge < -0.3 is 41.2 Å². The van der Waals surface area contributed by atoms with Gasteiger partial charge >= 0.3 is 14.6 Å². The van der Waals surface area contributed by atoms with Crippen LogP contribution in [0, 0.1) is 11.8 Å². The molecule has 4 aliphatic rings. The zero-order valence-corrected chi connectivity index (χ0v) is 44.7. The Hall–Kier alpha value is -6.33. The molecule has 8 heterocycles. The van der Waals surface area contributed by atoms with Crippen LogP contribution in [0.3, 0.4) is 0 Å². The third kappa shape index (κ3) is 12.9. The summed E-state index contributed by atoms with van der Waals surface area (Å²) < 4.78 is 83.6. The summed E-state index contributed by atoms with van der Waals surface area (Å²) in [6.07, 6.45) is 0.959. The highest BCUT2D eigenvalue weighted by atomic mass is 32.7. The fourth-order valence-corrected chi connectivity index (χ4v) is 13.2. The van der Waals surface area contributed by atoms with Crippen molar-refractivity contribution in [3.8, 4) is 5.88 Å². The van der Waals surface area contributed by atoms with Gasteiger partial charge in [0.2, 0.25) is 23.6 Å². The van der Waals surface area contributed by atoms with Crippen LogP contribution >= 0.6 is 26.0 Å². The molecule has 0 spiro atoms. The van der Waals surface area contributed by atoms with Crippen LogP contribution in [0.15, 0.2) is 61.7 Å². The number of halogens is 1. The van der Waals surface area contributed by atoms with Crippen molar-refractivity contribution in [1.82, 2.24) is 54.6 Å². The van der Waals surface area contributed by atoms with E-state index in [0.717, 1.165) is 22.6 Å². The van der Waals surface area contributed by atoms with E-state index in [1.54, 1.807) is 38.1 Å². The maximum absolute atomic E-state index is 16.6. The normalized spacial score (nSPS) is 27.5. The first kappa shape index (κ1) is 56.4. The van der Waals surface area contributed by atoms with Crippen molar-refractivity contribution < 1.29 is 75.1 Å². The molecule has 3 saturated heterocycles. The minimum atomic E-state index is -4.94. The first-order valence-electron chi connectivity index (χ1n) is 24.7. The Kier molecular flexibility index (Phi) is 17.3. The zero-order valence-electron chi connectivity index (χ0n) is 42.1. The second-order valence-electron chi connectivity index (χ2n) is 19.0. The van der Waals surface area contributed by atoms with Crippen LogP contribution in [0.5, 0.6) is 5.88 Å². The first-order chi connectivity index (χ1) is 37.3. The number of hydrogen-bond acceptors (Lipinski definition) is 22. The van der Waals surface area contributed by atoms with Crippen molar-refractivity contribution in [2.24, 2.45) is 11.8 Å². The van der Waals surface area contributed by atoms with Crippen molar-refractivity contribution in [1.29, 1.82) is 0 Å². The Balaban J connectivity index is 0.854. The van der Waals surface area contributed by atoms with Gasteiger partial charge in [0.15, 0.2) is 35.0 Å². The number of hydrogen-bond donors (Lipinski definition) is 6. The fourth-order valence-electron chi connectivity index (χ4n) is 9.03. The highest BCUT2D eigenvalue weighted by molar-refractivity contribution is 8.54. The number of benzene rings is 1. The molecule has 1 aromatic carbocycles. The number of fused-ring (bicyclic) bond motifs is 4. The van der Waals surface area contributed by atoms with Crippen LogP contribution in [0.25, 0.3) is 22.3 Å². The van der Waals surface area contributed by atoms with Gasteiger partial charge in [0.1, 0.15) is 48.7 Å². The summed E-state index contributed by atoms with van der Waals surface area (Å²) in [5, 5.41) is 18.5. The number of nitrogen functional groups attached to an aromatic ring is 1. The largest absolute Gasteiger partial charge is 0.492 e. The summed E-state index contributed by atoms with van der Waals surface area (Å²) in [5.41, 5.74) is 7.47. The predicted octanol–water partition coefficient (Wildman–Crippen LogP) is 3.75. The molecule has 5 aromatic rings. The number of amides is 5. The highest BCUT2D eigenvalue weighted by Gasteiger charge is 2.51. The maximum Gasteiger partial charge on any atom is 0.472 e. The summed E-state index contributed by atoms with van der Waals surface area (Å²) in [4.78, 5) is 99.5. The van der Waals surface area contributed by atoms with Crippen LogP contribution in [-0.2, 0) is 66.4 Å². The molecule has 28 nitrogen and oxygen atoms in total. The minimum absolute atomic E-state index is 0.0143.